The highest BCUT2D eigenvalue weighted by Crippen LogP contribution is 2.50. The highest BCUT2D eigenvalue weighted by atomic mass is 16.5. The van der Waals surface area contributed by atoms with Crippen molar-refractivity contribution in [3.63, 3.8) is 0 Å². The summed E-state index contributed by atoms with van der Waals surface area (Å²) in [7, 11) is 0. The molecule has 1 aliphatic heterocycles. The summed E-state index contributed by atoms with van der Waals surface area (Å²) in [4.78, 5) is 12.8. The predicted octanol–water partition coefficient (Wildman–Crippen LogP) is 4.09. The summed E-state index contributed by atoms with van der Waals surface area (Å²) >= 11 is 0. The van der Waals surface area contributed by atoms with Gasteiger partial charge in [0.2, 0.25) is 0 Å². The third-order valence-electron chi connectivity index (χ3n) is 4.95. The summed E-state index contributed by atoms with van der Waals surface area (Å²) in [6, 6.07) is 0. The third-order valence-corrected chi connectivity index (χ3v) is 4.95. The Hall–Kier alpha value is -1.09. The van der Waals surface area contributed by atoms with Gasteiger partial charge in [-0.05, 0) is 39.2 Å². The number of amides is 1. The van der Waals surface area contributed by atoms with Gasteiger partial charge in [0.05, 0.1) is 12.0 Å². The Balaban J connectivity index is 2.54. The summed E-state index contributed by atoms with van der Waals surface area (Å²) in [6.07, 6.45) is 6.25. The highest BCUT2D eigenvalue weighted by Gasteiger charge is 2.51. The van der Waals surface area contributed by atoms with Gasteiger partial charge in [0, 0.05) is 5.92 Å². The lowest BCUT2D eigenvalue weighted by atomic mass is 9.63. The molecular weight excluding hydrogens is 250 g/mol. The van der Waals surface area contributed by atoms with E-state index in [-0.39, 0.29) is 11.8 Å². The van der Waals surface area contributed by atoms with Crippen LogP contribution in [0.15, 0.2) is 23.3 Å². The minimum atomic E-state index is -0.480. The van der Waals surface area contributed by atoms with E-state index < -0.39 is 5.41 Å². The zero-order valence-electron chi connectivity index (χ0n) is 13.0. The van der Waals surface area contributed by atoms with E-state index in [0.29, 0.717) is 6.54 Å². The average molecular weight is 277 g/mol. The molecule has 0 radical (unpaired) electrons. The molecule has 3 nitrogen and oxygen atoms in total. The van der Waals surface area contributed by atoms with Crippen molar-refractivity contribution in [2.45, 2.75) is 59.3 Å². The second-order valence-electron chi connectivity index (χ2n) is 6.70. The number of nitrogens with zero attached hydrogens (tertiary/aromatic N) is 1. The minimum Gasteiger partial charge on any atom is -0.286 e. The summed E-state index contributed by atoms with van der Waals surface area (Å²) in [5.41, 5.74) is 3.02. The lowest BCUT2D eigenvalue weighted by Crippen LogP contribution is -2.52. The zero-order chi connectivity index (χ0) is 14.9. The molecule has 0 aromatic rings. The van der Waals surface area contributed by atoms with Crippen molar-refractivity contribution in [1.29, 1.82) is 0 Å². The van der Waals surface area contributed by atoms with Crippen LogP contribution in [0.3, 0.4) is 0 Å². The maximum atomic E-state index is 12.8. The molecule has 112 valence electrons. The molecular formula is C17H27NO2. The Morgan fingerprint density at radius 2 is 1.75 bits per heavy atom. The molecule has 1 aliphatic carbocycles. The van der Waals surface area contributed by atoms with Crippen molar-refractivity contribution in [2.75, 3.05) is 6.54 Å². The molecule has 1 atom stereocenters. The molecule has 1 saturated heterocycles. The maximum Gasteiger partial charge on any atom is 0.256 e. The number of hydrogen-bond donors (Lipinski definition) is 1. The lowest BCUT2D eigenvalue weighted by molar-refractivity contribution is -0.183. The third kappa shape index (κ3) is 2.44. The van der Waals surface area contributed by atoms with Crippen LogP contribution in [0.4, 0.5) is 0 Å². The molecule has 1 amide bonds. The zero-order valence-corrected chi connectivity index (χ0v) is 13.0. The van der Waals surface area contributed by atoms with Gasteiger partial charge in [-0.15, -0.1) is 0 Å². The number of rotatable bonds is 1. The smallest absolute Gasteiger partial charge is 0.256 e. The molecule has 20 heavy (non-hydrogen) atoms. The Bertz CT molecular complexity index is 438. The second-order valence-corrected chi connectivity index (χ2v) is 6.70. The van der Waals surface area contributed by atoms with Crippen molar-refractivity contribution in [3.8, 4) is 0 Å². The van der Waals surface area contributed by atoms with Gasteiger partial charge in [0.25, 0.3) is 5.91 Å². The molecule has 2 fully saturated rings. The number of piperidine rings is 1. The molecule has 1 N–H and O–H groups in total. The number of carbonyl (C=O) groups excluding carboxylic acids is 1. The molecule has 1 heterocycles. The van der Waals surface area contributed by atoms with Gasteiger partial charge in [-0.3, -0.25) is 10.0 Å². The Labute approximate surface area is 122 Å². The van der Waals surface area contributed by atoms with E-state index in [1.807, 2.05) is 6.92 Å². The Morgan fingerprint density at radius 3 is 2.20 bits per heavy atom. The minimum absolute atomic E-state index is 0.0897. The van der Waals surface area contributed by atoms with Crippen LogP contribution >= 0.6 is 0 Å². The topological polar surface area (TPSA) is 40.5 Å². The summed E-state index contributed by atoms with van der Waals surface area (Å²) < 4.78 is 0. The molecule has 1 unspecified atom stereocenters. The number of carbonyl (C=O) groups is 1. The fourth-order valence-electron chi connectivity index (χ4n) is 4.09. The van der Waals surface area contributed by atoms with Crippen LogP contribution in [0.25, 0.3) is 0 Å². The largest absolute Gasteiger partial charge is 0.286 e. The van der Waals surface area contributed by atoms with Crippen molar-refractivity contribution < 1.29 is 10.0 Å². The maximum absolute atomic E-state index is 12.8. The predicted molar refractivity (Wildman–Crippen MR) is 80.3 cm³/mol. The molecule has 2 rings (SSSR count). The van der Waals surface area contributed by atoms with E-state index in [4.69, 9.17) is 0 Å². The molecule has 1 spiro atoms. The van der Waals surface area contributed by atoms with Crippen molar-refractivity contribution in [3.05, 3.63) is 23.3 Å². The van der Waals surface area contributed by atoms with E-state index >= 15 is 0 Å². The standard InChI is InChI=1S/C17H27NO2/c1-12(2)14-11-18(20)16(19)17(15(14)13(3)4)9-7-5-6-8-10-17/h14,20H,1,5-11H2,2-4H3. The highest BCUT2D eigenvalue weighted by molar-refractivity contribution is 5.87. The number of hydroxylamine groups is 2. The first-order valence-corrected chi connectivity index (χ1v) is 7.74. The van der Waals surface area contributed by atoms with Crippen LogP contribution < -0.4 is 0 Å². The molecule has 0 aromatic carbocycles. The summed E-state index contributed by atoms with van der Waals surface area (Å²) in [5, 5.41) is 11.1. The van der Waals surface area contributed by atoms with Crippen LogP contribution in [0.2, 0.25) is 0 Å². The van der Waals surface area contributed by atoms with Gasteiger partial charge in [-0.1, -0.05) is 43.4 Å². The lowest BCUT2D eigenvalue weighted by Gasteiger charge is -2.46. The van der Waals surface area contributed by atoms with Crippen LogP contribution in [0, 0.1) is 11.3 Å². The van der Waals surface area contributed by atoms with Gasteiger partial charge in [-0.2, -0.15) is 0 Å². The second kappa shape index (κ2) is 5.72. The molecule has 0 bridgehead atoms. The van der Waals surface area contributed by atoms with Crippen LogP contribution in [-0.2, 0) is 4.79 Å². The first kappa shape index (κ1) is 15.3. The molecule has 1 saturated carbocycles. The molecule has 2 aliphatic rings. The van der Waals surface area contributed by atoms with E-state index in [1.165, 1.54) is 24.0 Å². The molecule has 0 aromatic heterocycles. The van der Waals surface area contributed by atoms with E-state index in [9.17, 15) is 10.0 Å². The fourth-order valence-corrected chi connectivity index (χ4v) is 4.09. The number of hydrogen-bond acceptors (Lipinski definition) is 2. The first-order chi connectivity index (χ1) is 9.40. The normalized spacial score (nSPS) is 26.6. The van der Waals surface area contributed by atoms with Crippen molar-refractivity contribution >= 4 is 5.91 Å². The van der Waals surface area contributed by atoms with Crippen molar-refractivity contribution in [2.24, 2.45) is 11.3 Å². The Kier molecular flexibility index (Phi) is 4.38. The van der Waals surface area contributed by atoms with Gasteiger partial charge in [-0.25, -0.2) is 5.06 Å². The number of allylic oxidation sites excluding steroid dienone is 1. The molecule has 3 heteroatoms. The van der Waals surface area contributed by atoms with Gasteiger partial charge in [0.1, 0.15) is 0 Å². The fraction of sp³-hybridized carbons (Fsp3) is 0.706. The average Bonchev–Trinajstić information content (AvgIpc) is 2.61. The van der Waals surface area contributed by atoms with Gasteiger partial charge in [0.15, 0.2) is 0 Å². The Morgan fingerprint density at radius 1 is 1.20 bits per heavy atom. The summed E-state index contributed by atoms with van der Waals surface area (Å²) in [5.74, 6) is 0.00824. The van der Waals surface area contributed by atoms with Crippen LogP contribution in [0.1, 0.15) is 59.3 Å². The van der Waals surface area contributed by atoms with E-state index in [0.717, 1.165) is 36.3 Å². The van der Waals surface area contributed by atoms with Crippen LogP contribution in [0.5, 0.6) is 0 Å². The monoisotopic (exact) mass is 277 g/mol. The van der Waals surface area contributed by atoms with Gasteiger partial charge < -0.3 is 0 Å². The van der Waals surface area contributed by atoms with E-state index in [2.05, 4.69) is 20.4 Å². The van der Waals surface area contributed by atoms with Crippen molar-refractivity contribution in [1.82, 2.24) is 5.06 Å². The first-order valence-electron chi connectivity index (χ1n) is 7.74. The quantitative estimate of drug-likeness (QED) is 0.579. The van der Waals surface area contributed by atoms with Gasteiger partial charge >= 0.3 is 0 Å². The van der Waals surface area contributed by atoms with E-state index in [1.54, 1.807) is 0 Å². The SMILES string of the molecule is C=C(C)C1CN(O)C(=O)C2(CCCCCC2)C1=C(C)C. The summed E-state index contributed by atoms with van der Waals surface area (Å²) in [6.45, 7) is 10.6. The van der Waals surface area contributed by atoms with Crippen LogP contribution in [-0.4, -0.2) is 22.7 Å².